The van der Waals surface area contributed by atoms with Gasteiger partial charge in [0.05, 0.1) is 0 Å². The second-order valence-corrected chi connectivity index (χ2v) is 19.9. The van der Waals surface area contributed by atoms with Crippen LogP contribution in [0.15, 0.2) is 0 Å². The molecule has 8 rings (SSSR count). The fourth-order valence-corrected chi connectivity index (χ4v) is 9.44. The molecule has 0 spiro atoms. The van der Waals surface area contributed by atoms with Gasteiger partial charge in [0, 0.05) is 116 Å². The summed E-state index contributed by atoms with van der Waals surface area (Å²) in [4.78, 5) is 107. The Morgan fingerprint density at radius 1 is 0.317 bits per heavy atom. The molecule has 24 nitrogen and oxygen atoms in total. The zero-order chi connectivity index (χ0) is 60.7. The van der Waals surface area contributed by atoms with Gasteiger partial charge in [-0.05, 0) is 149 Å². The molecule has 0 aromatic carbocycles. The van der Waals surface area contributed by atoms with Crippen LogP contribution in [0.2, 0.25) is 0 Å². The highest BCUT2D eigenvalue weighted by Gasteiger charge is 2.25. The maximum atomic E-state index is 12.4. The zero-order valence-corrected chi connectivity index (χ0v) is 50.5. The highest BCUT2D eigenvalue weighted by Crippen LogP contribution is 2.28. The predicted octanol–water partition coefficient (Wildman–Crippen LogP) is 5.66. The summed E-state index contributed by atoms with van der Waals surface area (Å²) in [5, 5.41) is 0. The van der Waals surface area contributed by atoms with Crippen molar-refractivity contribution in [1.29, 1.82) is 0 Å². The van der Waals surface area contributed by atoms with Gasteiger partial charge in [0.15, 0.2) is 0 Å². The summed E-state index contributed by atoms with van der Waals surface area (Å²) in [5.74, 6) is -3.18. The molecule has 82 heavy (non-hydrogen) atoms. The van der Waals surface area contributed by atoms with E-state index in [9.17, 15) is 38.4 Å². The number of H-pyrrole nitrogens is 4. The molecule has 4 aliphatic heterocycles. The van der Waals surface area contributed by atoms with Crippen LogP contribution in [-0.2, 0) is 76.7 Å². The molecule has 4 saturated heterocycles. The average molecular weight is 1150 g/mol. The monoisotopic (exact) mass is 1150 g/mol. The van der Waals surface area contributed by atoms with E-state index >= 15 is 0 Å². The molecule has 0 bridgehead atoms. The van der Waals surface area contributed by atoms with Crippen molar-refractivity contribution in [2.75, 3.05) is 52.9 Å². The Morgan fingerprint density at radius 2 is 0.488 bits per heavy atom. The third-order valence-electron chi connectivity index (χ3n) is 13.6. The number of aromatic nitrogens is 4. The summed E-state index contributed by atoms with van der Waals surface area (Å²) in [6.07, 6.45) is 14.0. The first-order valence-corrected chi connectivity index (χ1v) is 28.6. The molecule has 8 amide bonds. The Labute approximate surface area is 482 Å². The van der Waals surface area contributed by atoms with Crippen molar-refractivity contribution in [3.8, 4) is 0 Å². The van der Waals surface area contributed by atoms with E-state index in [4.69, 9.17) is 18.9 Å². The van der Waals surface area contributed by atoms with Gasteiger partial charge in [-0.3, -0.25) is 81.8 Å². The third-order valence-corrected chi connectivity index (χ3v) is 13.6. The lowest BCUT2D eigenvalue weighted by Gasteiger charge is -2.05. The van der Waals surface area contributed by atoms with Gasteiger partial charge in [-0.25, -0.2) is 0 Å². The van der Waals surface area contributed by atoms with Crippen molar-refractivity contribution < 1.29 is 57.3 Å². The summed E-state index contributed by atoms with van der Waals surface area (Å²) in [7, 11) is 0. The quantitative estimate of drug-likeness (QED) is 0.0765. The van der Waals surface area contributed by atoms with Crippen molar-refractivity contribution in [1.82, 2.24) is 63.3 Å². The van der Waals surface area contributed by atoms with E-state index in [1.54, 1.807) is 0 Å². The average Bonchev–Trinajstić information content (AvgIpc) is 4.36. The standard InChI is InChI=1S/2C21H30N6O4.4C4H8O/c2*1-7-14-10(3)18(20(30)26-24-12(5)28)22-16(14)9-17-15(8-2)11(4)19(23-17)21(31)27-25-13(6)29;4*1-2-4-5-3-1/h2*22-23H,7-9H2,1-6H3,(H,24,28)(H,25,29)(H,26,30)(H,27,31);4*1-4H2. The van der Waals surface area contributed by atoms with E-state index in [2.05, 4.69) is 63.3 Å². The van der Waals surface area contributed by atoms with E-state index in [-0.39, 0.29) is 23.6 Å². The zero-order valence-electron chi connectivity index (χ0n) is 50.5. The molecule has 4 fully saturated rings. The third kappa shape index (κ3) is 22.6. The van der Waals surface area contributed by atoms with Gasteiger partial charge in [-0.15, -0.1) is 0 Å². The van der Waals surface area contributed by atoms with E-state index < -0.39 is 23.6 Å². The molecular weight excluding hydrogens is 1060 g/mol. The van der Waals surface area contributed by atoms with E-state index in [1.807, 2.05) is 55.4 Å². The van der Waals surface area contributed by atoms with Crippen LogP contribution >= 0.6 is 0 Å². The van der Waals surface area contributed by atoms with Crippen molar-refractivity contribution >= 4 is 47.3 Å². The molecule has 0 unspecified atom stereocenters. The van der Waals surface area contributed by atoms with Crippen LogP contribution in [0.25, 0.3) is 0 Å². The van der Waals surface area contributed by atoms with Gasteiger partial charge in [0.2, 0.25) is 23.6 Å². The van der Waals surface area contributed by atoms with Gasteiger partial charge in [0.25, 0.3) is 23.6 Å². The fraction of sp³-hybridized carbons (Fsp3) is 0.586. The number of amides is 8. The van der Waals surface area contributed by atoms with Crippen molar-refractivity contribution in [2.24, 2.45) is 0 Å². The van der Waals surface area contributed by atoms with Crippen molar-refractivity contribution in [2.45, 2.75) is 173 Å². The molecule has 8 heterocycles. The number of hydrazine groups is 4. The SMILES string of the molecule is C1CCOC1.C1CCOC1.C1CCOC1.C1CCOC1.CCc1c(Cc2[nH]c(C(=O)NNC(C)=O)c(C)c2CC)[nH]c(C(=O)NNC(C)=O)c1C.CCc1c(Cc2[nH]c(C(=O)NNC(C)=O)c(C)c2CC)[nH]c(C(=O)NNC(C)=O)c1C. The minimum atomic E-state index is -0.428. The molecule has 4 aromatic rings. The van der Waals surface area contributed by atoms with Crippen molar-refractivity contribution in [3.05, 3.63) is 90.1 Å². The second kappa shape index (κ2) is 36.9. The number of nitrogens with one attached hydrogen (secondary N) is 12. The van der Waals surface area contributed by atoms with Gasteiger partial charge < -0.3 is 38.9 Å². The summed E-state index contributed by atoms with van der Waals surface area (Å²) in [6.45, 7) is 28.7. The number of hydrogen-bond acceptors (Lipinski definition) is 12. The minimum Gasteiger partial charge on any atom is -0.381 e. The normalized spacial score (nSPS) is 13.8. The van der Waals surface area contributed by atoms with Crippen molar-refractivity contribution in [3.63, 3.8) is 0 Å². The van der Waals surface area contributed by atoms with Crippen LogP contribution < -0.4 is 43.4 Å². The first-order chi connectivity index (χ1) is 39.2. The molecule has 4 aromatic heterocycles. The Morgan fingerprint density at radius 3 is 0.610 bits per heavy atom. The molecule has 12 N–H and O–H groups in total. The fourth-order valence-electron chi connectivity index (χ4n) is 9.44. The van der Waals surface area contributed by atoms with E-state index in [1.165, 1.54) is 79.1 Å². The topological polar surface area (TPSA) is 333 Å². The van der Waals surface area contributed by atoms with Crippen LogP contribution in [0.4, 0.5) is 0 Å². The largest absolute Gasteiger partial charge is 0.381 e. The smallest absolute Gasteiger partial charge is 0.286 e. The highest BCUT2D eigenvalue weighted by atomic mass is 16.5. The van der Waals surface area contributed by atoms with Crippen LogP contribution in [0, 0.1) is 27.7 Å². The van der Waals surface area contributed by atoms with Gasteiger partial charge in [-0.1, -0.05) is 27.7 Å². The Balaban J connectivity index is 0.000000318. The summed E-state index contributed by atoms with van der Waals surface area (Å²) in [6, 6.07) is 0. The van der Waals surface area contributed by atoms with Crippen LogP contribution in [0.5, 0.6) is 0 Å². The number of ether oxygens (including phenoxy) is 4. The molecule has 4 aliphatic rings. The van der Waals surface area contributed by atoms with Gasteiger partial charge in [0.1, 0.15) is 22.8 Å². The molecule has 0 radical (unpaired) electrons. The molecule has 0 atom stereocenters. The van der Waals surface area contributed by atoms with E-state index in [0.717, 1.165) is 120 Å². The number of carbonyl (C=O) groups excluding carboxylic acids is 8. The summed E-state index contributed by atoms with van der Waals surface area (Å²) < 4.78 is 19.8. The number of carbonyl (C=O) groups is 8. The Bertz CT molecular complexity index is 2330. The Kier molecular flexibility index (Phi) is 31.1. The first-order valence-electron chi connectivity index (χ1n) is 28.6. The molecule has 0 aliphatic carbocycles. The molecule has 456 valence electrons. The van der Waals surface area contributed by atoms with Crippen LogP contribution in [-0.4, -0.2) is 120 Å². The number of rotatable bonds is 12. The minimum absolute atomic E-state index is 0.368. The van der Waals surface area contributed by atoms with E-state index in [0.29, 0.717) is 61.3 Å². The lowest BCUT2D eigenvalue weighted by Crippen LogP contribution is -2.40. The van der Waals surface area contributed by atoms with Crippen LogP contribution in [0.1, 0.15) is 216 Å². The first kappa shape index (κ1) is 69.0. The Hall–Kier alpha value is -7.28. The highest BCUT2D eigenvalue weighted by molar-refractivity contribution is 5.97. The maximum Gasteiger partial charge on any atom is 0.286 e. The predicted molar refractivity (Wildman–Crippen MR) is 311 cm³/mol. The molecule has 0 saturated carbocycles. The molecule has 24 heteroatoms. The maximum absolute atomic E-state index is 12.4. The second-order valence-electron chi connectivity index (χ2n) is 19.9. The lowest BCUT2D eigenvalue weighted by atomic mass is 10.0. The number of aromatic amines is 4. The summed E-state index contributed by atoms with van der Waals surface area (Å²) >= 11 is 0. The van der Waals surface area contributed by atoms with Gasteiger partial charge in [-0.2, -0.15) is 0 Å². The van der Waals surface area contributed by atoms with Crippen LogP contribution in [0.3, 0.4) is 0 Å². The summed E-state index contributed by atoms with van der Waals surface area (Å²) in [5.41, 5.74) is 30.9. The molecular formula is C58H92N12O12. The van der Waals surface area contributed by atoms with Gasteiger partial charge >= 0.3 is 0 Å². The number of hydrogen-bond donors (Lipinski definition) is 12. The lowest BCUT2D eigenvalue weighted by molar-refractivity contribution is -0.120.